The fourth-order valence-corrected chi connectivity index (χ4v) is 1.50. The standard InChI is InChI=1S/C15H12O4/c16-14(11-12-7-3-1-4-8-12)19-15(17)18-13-9-5-2-6-10-13/h1-10H,11H2. The van der Waals surface area contributed by atoms with E-state index in [1.807, 2.05) is 18.2 Å². The highest BCUT2D eigenvalue weighted by atomic mass is 16.7. The molecule has 0 N–H and O–H groups in total. The van der Waals surface area contributed by atoms with Crippen LogP contribution in [0.5, 0.6) is 5.75 Å². The van der Waals surface area contributed by atoms with Gasteiger partial charge in [-0.25, -0.2) is 4.79 Å². The molecule has 4 heteroatoms. The first-order chi connectivity index (χ1) is 9.24. The lowest BCUT2D eigenvalue weighted by Crippen LogP contribution is -2.17. The van der Waals surface area contributed by atoms with Gasteiger partial charge in [0.05, 0.1) is 6.42 Å². The lowest BCUT2D eigenvalue weighted by molar-refractivity contribution is -0.137. The summed E-state index contributed by atoms with van der Waals surface area (Å²) in [6.07, 6.45) is -0.989. The summed E-state index contributed by atoms with van der Waals surface area (Å²) in [4.78, 5) is 22.8. The third-order valence-electron chi connectivity index (χ3n) is 2.33. The van der Waals surface area contributed by atoms with Crippen LogP contribution in [0.25, 0.3) is 0 Å². The molecule has 2 aromatic rings. The highest BCUT2D eigenvalue weighted by Gasteiger charge is 2.13. The Labute approximate surface area is 110 Å². The zero-order chi connectivity index (χ0) is 13.5. The first kappa shape index (κ1) is 12.8. The van der Waals surface area contributed by atoms with Crippen LogP contribution in [0.1, 0.15) is 5.56 Å². The third kappa shape index (κ3) is 4.27. The highest BCUT2D eigenvalue weighted by molar-refractivity contribution is 5.84. The summed E-state index contributed by atoms with van der Waals surface area (Å²) in [5, 5.41) is 0. The first-order valence-corrected chi connectivity index (χ1v) is 5.75. The molecule has 0 saturated carbocycles. The number of rotatable bonds is 3. The Balaban J connectivity index is 1.84. The number of para-hydroxylation sites is 1. The minimum absolute atomic E-state index is 0.0325. The van der Waals surface area contributed by atoms with E-state index in [0.717, 1.165) is 5.56 Å². The summed E-state index contributed by atoms with van der Waals surface area (Å²) in [6.45, 7) is 0. The second-order valence-corrected chi connectivity index (χ2v) is 3.80. The Kier molecular flexibility index (Phi) is 4.29. The molecule has 0 amide bonds. The average Bonchev–Trinajstić information content (AvgIpc) is 2.40. The molecule has 2 rings (SSSR count). The molecule has 0 radical (unpaired) electrons. The van der Waals surface area contributed by atoms with Crippen molar-refractivity contribution in [2.45, 2.75) is 6.42 Å². The Hall–Kier alpha value is -2.62. The van der Waals surface area contributed by atoms with E-state index in [1.54, 1.807) is 42.5 Å². The number of carbonyl (C=O) groups excluding carboxylic acids is 2. The lowest BCUT2D eigenvalue weighted by atomic mass is 10.2. The summed E-state index contributed by atoms with van der Waals surface area (Å²) in [7, 11) is 0. The molecule has 0 aromatic heterocycles. The maximum Gasteiger partial charge on any atom is 0.521 e. The summed E-state index contributed by atoms with van der Waals surface area (Å²) in [5.74, 6) is -0.313. The van der Waals surface area contributed by atoms with Gasteiger partial charge in [-0.1, -0.05) is 48.5 Å². The van der Waals surface area contributed by atoms with E-state index in [-0.39, 0.29) is 6.42 Å². The third-order valence-corrected chi connectivity index (χ3v) is 2.33. The minimum Gasteiger partial charge on any atom is -0.395 e. The van der Waals surface area contributed by atoms with E-state index in [2.05, 4.69) is 4.74 Å². The number of ether oxygens (including phenoxy) is 2. The molecule has 96 valence electrons. The van der Waals surface area contributed by atoms with Gasteiger partial charge >= 0.3 is 12.1 Å². The zero-order valence-corrected chi connectivity index (χ0v) is 10.1. The Morgan fingerprint density at radius 2 is 1.42 bits per heavy atom. The number of benzene rings is 2. The molecule has 0 heterocycles. The summed E-state index contributed by atoms with van der Waals surface area (Å²) in [5.41, 5.74) is 0.778. The summed E-state index contributed by atoms with van der Waals surface area (Å²) >= 11 is 0. The van der Waals surface area contributed by atoms with Crippen molar-refractivity contribution in [2.24, 2.45) is 0 Å². The van der Waals surface area contributed by atoms with E-state index in [9.17, 15) is 9.59 Å². The second-order valence-electron chi connectivity index (χ2n) is 3.80. The van der Waals surface area contributed by atoms with Gasteiger partial charge in [0.2, 0.25) is 0 Å². The van der Waals surface area contributed by atoms with E-state index in [1.165, 1.54) is 0 Å². The number of hydrogen-bond donors (Lipinski definition) is 0. The van der Waals surface area contributed by atoms with Crippen LogP contribution >= 0.6 is 0 Å². The van der Waals surface area contributed by atoms with Gasteiger partial charge < -0.3 is 9.47 Å². The molecule has 0 aliphatic carbocycles. The van der Waals surface area contributed by atoms with Crippen molar-refractivity contribution in [3.05, 3.63) is 66.2 Å². The van der Waals surface area contributed by atoms with E-state index in [0.29, 0.717) is 5.75 Å². The smallest absolute Gasteiger partial charge is 0.395 e. The molecule has 0 aliphatic rings. The molecular formula is C15H12O4. The van der Waals surface area contributed by atoms with E-state index >= 15 is 0 Å². The predicted molar refractivity (Wildman–Crippen MR) is 68.7 cm³/mol. The Morgan fingerprint density at radius 3 is 2.05 bits per heavy atom. The fourth-order valence-electron chi connectivity index (χ4n) is 1.50. The highest BCUT2D eigenvalue weighted by Crippen LogP contribution is 2.09. The van der Waals surface area contributed by atoms with Crippen LogP contribution in [0.2, 0.25) is 0 Å². The maximum atomic E-state index is 11.5. The van der Waals surface area contributed by atoms with Crippen LogP contribution in [0.4, 0.5) is 4.79 Å². The van der Waals surface area contributed by atoms with Crippen molar-refractivity contribution in [1.82, 2.24) is 0 Å². The van der Waals surface area contributed by atoms with Crippen LogP contribution in [-0.2, 0) is 16.0 Å². The average molecular weight is 256 g/mol. The van der Waals surface area contributed by atoms with Crippen molar-refractivity contribution in [3.63, 3.8) is 0 Å². The SMILES string of the molecule is O=C(Cc1ccccc1)OC(=O)Oc1ccccc1. The second kappa shape index (κ2) is 6.35. The van der Waals surface area contributed by atoms with E-state index < -0.39 is 12.1 Å². The van der Waals surface area contributed by atoms with Gasteiger partial charge in [-0.3, -0.25) is 4.79 Å². The summed E-state index contributed by atoms with van der Waals surface area (Å²) < 4.78 is 9.40. The monoisotopic (exact) mass is 256 g/mol. The van der Waals surface area contributed by atoms with Crippen LogP contribution in [-0.4, -0.2) is 12.1 Å². The molecule has 0 bridgehead atoms. The molecule has 2 aromatic carbocycles. The molecule has 0 fully saturated rings. The first-order valence-electron chi connectivity index (χ1n) is 5.75. The van der Waals surface area contributed by atoms with Crippen LogP contribution < -0.4 is 4.74 Å². The molecule has 0 unspecified atom stereocenters. The van der Waals surface area contributed by atoms with Crippen LogP contribution in [0.3, 0.4) is 0 Å². The molecule has 0 aliphatic heterocycles. The topological polar surface area (TPSA) is 52.6 Å². The number of esters is 1. The van der Waals surface area contributed by atoms with Crippen molar-refractivity contribution >= 4 is 12.1 Å². The molecule has 0 spiro atoms. The van der Waals surface area contributed by atoms with Crippen molar-refractivity contribution in [1.29, 1.82) is 0 Å². The quantitative estimate of drug-likeness (QED) is 0.481. The van der Waals surface area contributed by atoms with Gasteiger partial charge in [-0.2, -0.15) is 0 Å². The number of carbonyl (C=O) groups is 2. The van der Waals surface area contributed by atoms with Gasteiger partial charge in [0.15, 0.2) is 0 Å². The number of hydrogen-bond acceptors (Lipinski definition) is 4. The van der Waals surface area contributed by atoms with Crippen molar-refractivity contribution in [2.75, 3.05) is 0 Å². The van der Waals surface area contributed by atoms with Crippen LogP contribution in [0, 0.1) is 0 Å². The normalized spacial score (nSPS) is 9.68. The van der Waals surface area contributed by atoms with Crippen molar-refractivity contribution in [3.8, 4) is 5.75 Å². The largest absolute Gasteiger partial charge is 0.521 e. The Bertz CT molecular complexity index is 497. The van der Waals surface area contributed by atoms with Crippen molar-refractivity contribution < 1.29 is 19.1 Å². The molecule has 19 heavy (non-hydrogen) atoms. The van der Waals surface area contributed by atoms with Gasteiger partial charge in [-0.15, -0.1) is 0 Å². The van der Waals surface area contributed by atoms with Crippen LogP contribution in [0.15, 0.2) is 60.7 Å². The lowest BCUT2D eigenvalue weighted by Gasteiger charge is -2.04. The van der Waals surface area contributed by atoms with Gasteiger partial charge in [-0.05, 0) is 17.7 Å². The fraction of sp³-hybridized carbons (Fsp3) is 0.0667. The zero-order valence-electron chi connectivity index (χ0n) is 10.1. The maximum absolute atomic E-state index is 11.5. The summed E-state index contributed by atoms with van der Waals surface area (Å²) in [6, 6.07) is 17.5. The predicted octanol–water partition coefficient (Wildman–Crippen LogP) is 2.97. The molecule has 0 saturated heterocycles. The van der Waals surface area contributed by atoms with Gasteiger partial charge in [0, 0.05) is 0 Å². The molecule has 4 nitrogen and oxygen atoms in total. The molecule has 0 atom stereocenters. The van der Waals surface area contributed by atoms with Gasteiger partial charge in [0.25, 0.3) is 0 Å². The van der Waals surface area contributed by atoms with E-state index in [4.69, 9.17) is 4.74 Å². The molecular weight excluding hydrogens is 244 g/mol. The van der Waals surface area contributed by atoms with Gasteiger partial charge in [0.1, 0.15) is 5.75 Å². The Morgan fingerprint density at radius 1 is 0.842 bits per heavy atom. The minimum atomic E-state index is -1.02.